The summed E-state index contributed by atoms with van der Waals surface area (Å²) in [6, 6.07) is 14.9. The van der Waals surface area contributed by atoms with E-state index in [1.165, 1.54) is 6.92 Å². The van der Waals surface area contributed by atoms with Crippen LogP contribution in [0.15, 0.2) is 48.5 Å². The van der Waals surface area contributed by atoms with E-state index < -0.39 is 78.3 Å². The molecular weight excluding hydrogens is 821 g/mol. The fourth-order valence-electron chi connectivity index (χ4n) is 7.45. The predicted molar refractivity (Wildman–Crippen MR) is 226 cm³/mol. The minimum absolute atomic E-state index is 0.0184. The Morgan fingerprint density at radius 2 is 1.22 bits per heavy atom. The van der Waals surface area contributed by atoms with Crippen LogP contribution >= 0.6 is 0 Å². The van der Waals surface area contributed by atoms with Crippen LogP contribution in [-0.2, 0) is 66.7 Å². The number of unbranched alkanes of at least 4 members (excludes halogenated alkanes) is 5. The molecule has 0 unspecified atom stereocenters. The van der Waals surface area contributed by atoms with Crippen molar-refractivity contribution < 1.29 is 71.5 Å². The lowest BCUT2D eigenvalue weighted by atomic mass is 9.98. The van der Waals surface area contributed by atoms with Crippen molar-refractivity contribution >= 4 is 41.8 Å². The summed E-state index contributed by atoms with van der Waals surface area (Å²) in [5.41, 5.74) is 3.50. The maximum atomic E-state index is 13.1. The van der Waals surface area contributed by atoms with Gasteiger partial charge in [0.25, 0.3) is 0 Å². The van der Waals surface area contributed by atoms with E-state index in [-0.39, 0.29) is 44.5 Å². The minimum Gasteiger partial charge on any atom is -0.463 e. The lowest BCUT2D eigenvalue weighted by molar-refractivity contribution is -0.308. The van der Waals surface area contributed by atoms with E-state index in [0.29, 0.717) is 13.0 Å². The van der Waals surface area contributed by atoms with Gasteiger partial charge < -0.3 is 48.5 Å². The van der Waals surface area contributed by atoms with Crippen molar-refractivity contribution in [2.24, 2.45) is 0 Å². The highest BCUT2D eigenvalue weighted by molar-refractivity contribution is 5.83. The van der Waals surface area contributed by atoms with Crippen LogP contribution in [0.1, 0.15) is 117 Å². The van der Waals surface area contributed by atoms with Gasteiger partial charge >= 0.3 is 35.9 Å². The van der Waals surface area contributed by atoms with Gasteiger partial charge in [0.2, 0.25) is 5.91 Å². The molecule has 2 aromatic rings. The zero-order chi connectivity index (χ0) is 46.1. The first-order valence-corrected chi connectivity index (χ1v) is 21.5. The molecule has 1 saturated heterocycles. The molecule has 1 fully saturated rings. The van der Waals surface area contributed by atoms with Gasteiger partial charge in [-0.3, -0.25) is 24.0 Å². The molecule has 17 nitrogen and oxygen atoms in total. The van der Waals surface area contributed by atoms with Crippen LogP contribution in [0.4, 0.5) is 4.79 Å². The van der Waals surface area contributed by atoms with Crippen molar-refractivity contribution in [1.82, 2.24) is 10.6 Å². The first-order valence-electron chi connectivity index (χ1n) is 21.5. The summed E-state index contributed by atoms with van der Waals surface area (Å²) in [6.45, 7) is 10.2. The van der Waals surface area contributed by atoms with Crippen molar-refractivity contribution in [2.45, 2.75) is 148 Å². The van der Waals surface area contributed by atoms with Gasteiger partial charge in [0, 0.05) is 53.2 Å². The molecule has 4 rings (SSSR count). The number of benzene rings is 2. The second-order valence-corrected chi connectivity index (χ2v) is 16.5. The standard InChI is InChI=1S/C46H62N2O15/c1-28(49)57-27-38-40(59-29(2)50)41(60-30(3)51)42(61-31(4)52)44(62-38)56-25-17-11-9-8-10-16-24-47-39(53)23-22-37(43(54)63-46(5,6)7)48-45(55)58-26-36-34-20-14-12-18-32(34)33-19-13-15-21-35(33)36/h12-15,18-21,36-38,40-42,44H,8-11,16-17,22-27H2,1-7H3,(H,47,53)(H,48,55)/t37-,38+,40+,41-,42+,44+/m0/s1. The predicted octanol–water partition coefficient (Wildman–Crippen LogP) is 5.57. The molecule has 2 aliphatic rings. The van der Waals surface area contributed by atoms with Gasteiger partial charge in [0.05, 0.1) is 0 Å². The fourth-order valence-corrected chi connectivity index (χ4v) is 7.45. The molecule has 0 spiro atoms. The number of hydrogen-bond acceptors (Lipinski definition) is 15. The SMILES string of the molecule is CC(=O)OC[C@H]1O[C@@H](OCCCCCCCCNC(=O)CC[C@H](NC(=O)OCC2c3ccccc3-c3ccccc32)C(=O)OC(C)(C)C)[C@H](OC(C)=O)[C@@H](OC(C)=O)[C@@H]1OC(C)=O. The first-order chi connectivity index (χ1) is 29.9. The Bertz CT molecular complexity index is 1850. The molecule has 1 heterocycles. The maximum Gasteiger partial charge on any atom is 0.407 e. The quantitative estimate of drug-likeness (QED) is 0.0839. The molecule has 2 amide bonds. The van der Waals surface area contributed by atoms with Crippen LogP contribution in [0.25, 0.3) is 11.1 Å². The Labute approximate surface area is 368 Å². The summed E-state index contributed by atoms with van der Waals surface area (Å²) in [6.07, 6.45) is -2.25. The second-order valence-electron chi connectivity index (χ2n) is 16.5. The van der Waals surface area contributed by atoms with E-state index in [0.717, 1.165) is 75.1 Å². The van der Waals surface area contributed by atoms with Crippen molar-refractivity contribution in [3.8, 4) is 11.1 Å². The Morgan fingerprint density at radius 1 is 0.667 bits per heavy atom. The topological polar surface area (TPSA) is 217 Å². The normalized spacial score (nSPS) is 19.6. The number of carbonyl (C=O) groups excluding carboxylic acids is 7. The molecule has 17 heteroatoms. The van der Waals surface area contributed by atoms with Crippen LogP contribution in [0.2, 0.25) is 0 Å². The zero-order valence-corrected chi connectivity index (χ0v) is 37.3. The summed E-state index contributed by atoms with van der Waals surface area (Å²) < 4.78 is 44.5. The summed E-state index contributed by atoms with van der Waals surface area (Å²) in [7, 11) is 0. The first kappa shape index (κ1) is 50.1. The summed E-state index contributed by atoms with van der Waals surface area (Å²) in [4.78, 5) is 86.5. The summed E-state index contributed by atoms with van der Waals surface area (Å²) in [5.74, 6) is -3.85. The highest BCUT2D eigenvalue weighted by Crippen LogP contribution is 2.44. The summed E-state index contributed by atoms with van der Waals surface area (Å²) >= 11 is 0. The molecule has 2 N–H and O–H groups in total. The zero-order valence-electron chi connectivity index (χ0n) is 37.3. The van der Waals surface area contributed by atoms with E-state index in [4.69, 9.17) is 37.9 Å². The van der Waals surface area contributed by atoms with Crippen LogP contribution in [0.3, 0.4) is 0 Å². The van der Waals surface area contributed by atoms with Gasteiger partial charge in [-0.15, -0.1) is 0 Å². The lowest BCUT2D eigenvalue weighted by Gasteiger charge is -2.44. The van der Waals surface area contributed by atoms with Crippen molar-refractivity contribution in [1.29, 1.82) is 0 Å². The Morgan fingerprint density at radius 3 is 1.81 bits per heavy atom. The number of fused-ring (bicyclic) bond motifs is 3. The highest BCUT2D eigenvalue weighted by Gasteiger charge is 2.52. The molecular formula is C46H62N2O15. The third-order valence-electron chi connectivity index (χ3n) is 10.1. The Hall–Kier alpha value is -5.55. The van der Waals surface area contributed by atoms with Gasteiger partial charge in [-0.2, -0.15) is 0 Å². The molecule has 346 valence electrons. The van der Waals surface area contributed by atoms with E-state index in [1.54, 1.807) is 20.8 Å². The minimum atomic E-state index is -1.30. The number of alkyl carbamates (subject to hydrolysis) is 1. The van der Waals surface area contributed by atoms with Gasteiger partial charge in [-0.25, -0.2) is 9.59 Å². The average Bonchev–Trinajstić information content (AvgIpc) is 3.52. The molecule has 0 saturated carbocycles. The molecule has 2 aromatic carbocycles. The average molecular weight is 883 g/mol. The summed E-state index contributed by atoms with van der Waals surface area (Å²) in [5, 5.41) is 5.51. The number of carbonyl (C=O) groups is 7. The van der Waals surface area contributed by atoms with Crippen LogP contribution < -0.4 is 10.6 Å². The van der Waals surface area contributed by atoms with Gasteiger partial charge in [0.1, 0.15) is 31.0 Å². The highest BCUT2D eigenvalue weighted by atomic mass is 16.7. The molecule has 0 radical (unpaired) electrons. The molecule has 0 bridgehead atoms. The number of ether oxygens (including phenoxy) is 8. The van der Waals surface area contributed by atoms with Crippen molar-refractivity contribution in [3.63, 3.8) is 0 Å². The molecule has 1 aliphatic heterocycles. The number of rotatable bonds is 22. The smallest absolute Gasteiger partial charge is 0.407 e. The van der Waals surface area contributed by atoms with Gasteiger partial charge in [-0.05, 0) is 62.3 Å². The van der Waals surface area contributed by atoms with Gasteiger partial charge in [-0.1, -0.05) is 74.2 Å². The van der Waals surface area contributed by atoms with E-state index >= 15 is 0 Å². The fraction of sp³-hybridized carbons (Fsp3) is 0.587. The molecule has 63 heavy (non-hydrogen) atoms. The maximum absolute atomic E-state index is 13.1. The lowest BCUT2D eigenvalue weighted by Crippen LogP contribution is -2.63. The van der Waals surface area contributed by atoms with E-state index in [2.05, 4.69) is 10.6 Å². The second kappa shape index (κ2) is 24.3. The monoisotopic (exact) mass is 882 g/mol. The van der Waals surface area contributed by atoms with Crippen LogP contribution in [0, 0.1) is 0 Å². The molecule has 0 aromatic heterocycles. The van der Waals surface area contributed by atoms with Crippen molar-refractivity contribution in [3.05, 3.63) is 59.7 Å². The van der Waals surface area contributed by atoms with Gasteiger partial charge in [0.15, 0.2) is 24.6 Å². The van der Waals surface area contributed by atoms with E-state index in [1.807, 2.05) is 48.5 Å². The molecule has 1 aliphatic carbocycles. The van der Waals surface area contributed by atoms with E-state index in [9.17, 15) is 33.6 Å². The number of amides is 2. The van der Waals surface area contributed by atoms with Crippen molar-refractivity contribution in [2.75, 3.05) is 26.4 Å². The van der Waals surface area contributed by atoms with Crippen LogP contribution in [-0.4, -0.2) is 111 Å². The number of nitrogens with one attached hydrogen (secondary N) is 2. The third kappa shape index (κ3) is 16.3. The third-order valence-corrected chi connectivity index (χ3v) is 10.1. The largest absolute Gasteiger partial charge is 0.463 e. The number of esters is 5. The number of hydrogen-bond donors (Lipinski definition) is 2. The van der Waals surface area contributed by atoms with Crippen LogP contribution in [0.5, 0.6) is 0 Å². The Balaban J connectivity index is 1.17. The molecule has 6 atom stereocenters. The Kier molecular flexibility index (Phi) is 19.4.